The van der Waals surface area contributed by atoms with Crippen LogP contribution in [0.3, 0.4) is 0 Å². The predicted molar refractivity (Wildman–Crippen MR) is 83.0 cm³/mol. The molecule has 1 aromatic rings. The number of amides is 1. The summed E-state index contributed by atoms with van der Waals surface area (Å²) in [5.41, 5.74) is 0.326. The number of nitrogens with zero attached hydrogens (tertiary/aromatic N) is 1. The van der Waals surface area contributed by atoms with Crippen molar-refractivity contribution in [2.75, 3.05) is 19.6 Å². The van der Waals surface area contributed by atoms with Crippen molar-refractivity contribution >= 4 is 21.8 Å². The van der Waals surface area contributed by atoms with E-state index in [0.717, 1.165) is 24.0 Å². The maximum Gasteiger partial charge on any atom is 0.255 e. The average Bonchev–Trinajstić information content (AvgIpc) is 2.85. The van der Waals surface area contributed by atoms with Crippen molar-refractivity contribution in [3.8, 4) is 5.75 Å². The van der Waals surface area contributed by atoms with Crippen LogP contribution < -0.4 is 5.32 Å². The molecule has 1 aliphatic rings. The number of benzene rings is 1. The number of aromatic hydroxyl groups is 1. The van der Waals surface area contributed by atoms with Crippen molar-refractivity contribution in [2.24, 2.45) is 5.92 Å². The highest BCUT2D eigenvalue weighted by molar-refractivity contribution is 9.10. The van der Waals surface area contributed by atoms with Crippen LogP contribution in [-0.2, 0) is 0 Å². The molecule has 1 atom stereocenters. The van der Waals surface area contributed by atoms with Gasteiger partial charge < -0.3 is 15.3 Å². The maximum atomic E-state index is 12.0. The number of phenols is 1. The van der Waals surface area contributed by atoms with Crippen LogP contribution in [0.2, 0.25) is 0 Å². The van der Waals surface area contributed by atoms with E-state index in [-0.39, 0.29) is 11.7 Å². The molecule has 0 radical (unpaired) electrons. The number of rotatable bonds is 4. The minimum atomic E-state index is -0.210. The number of carbonyl (C=O) groups is 1. The van der Waals surface area contributed by atoms with Crippen molar-refractivity contribution in [2.45, 2.75) is 26.3 Å². The summed E-state index contributed by atoms with van der Waals surface area (Å²) in [5, 5.41) is 12.7. The van der Waals surface area contributed by atoms with E-state index >= 15 is 0 Å². The maximum absolute atomic E-state index is 12.0. The van der Waals surface area contributed by atoms with Crippen LogP contribution in [0.5, 0.6) is 5.75 Å². The first-order valence-electron chi connectivity index (χ1n) is 6.98. The van der Waals surface area contributed by atoms with Crippen LogP contribution in [0, 0.1) is 5.92 Å². The molecular formula is C15H21BrN2O2. The second kappa shape index (κ2) is 6.59. The molecule has 1 heterocycles. The van der Waals surface area contributed by atoms with Gasteiger partial charge in [0, 0.05) is 23.6 Å². The van der Waals surface area contributed by atoms with Crippen LogP contribution in [0.1, 0.15) is 30.6 Å². The third-order valence-corrected chi connectivity index (χ3v) is 4.30. The Morgan fingerprint density at radius 1 is 1.55 bits per heavy atom. The van der Waals surface area contributed by atoms with E-state index in [2.05, 4.69) is 40.0 Å². The zero-order chi connectivity index (χ0) is 14.7. The van der Waals surface area contributed by atoms with Gasteiger partial charge in [0.15, 0.2) is 0 Å². The Hall–Kier alpha value is -1.07. The highest BCUT2D eigenvalue weighted by Crippen LogP contribution is 2.22. The van der Waals surface area contributed by atoms with Crippen molar-refractivity contribution < 1.29 is 9.90 Å². The summed E-state index contributed by atoms with van der Waals surface area (Å²) in [7, 11) is 0. The smallest absolute Gasteiger partial charge is 0.255 e. The van der Waals surface area contributed by atoms with Crippen molar-refractivity contribution in [3.05, 3.63) is 28.2 Å². The molecule has 20 heavy (non-hydrogen) atoms. The summed E-state index contributed by atoms with van der Waals surface area (Å²) in [6.45, 7) is 7.19. The Morgan fingerprint density at radius 3 is 2.90 bits per heavy atom. The van der Waals surface area contributed by atoms with Gasteiger partial charge in [0.25, 0.3) is 5.91 Å². The van der Waals surface area contributed by atoms with Gasteiger partial charge >= 0.3 is 0 Å². The molecule has 0 spiro atoms. The van der Waals surface area contributed by atoms with Gasteiger partial charge in [0.1, 0.15) is 5.75 Å². The lowest BCUT2D eigenvalue weighted by atomic mass is 10.1. The first-order chi connectivity index (χ1) is 9.47. The van der Waals surface area contributed by atoms with Crippen LogP contribution in [0.15, 0.2) is 22.7 Å². The van der Waals surface area contributed by atoms with E-state index in [9.17, 15) is 9.90 Å². The Bertz CT molecular complexity index is 491. The molecule has 1 aliphatic heterocycles. The lowest BCUT2D eigenvalue weighted by Gasteiger charge is -2.20. The Morgan fingerprint density at radius 2 is 2.30 bits per heavy atom. The molecule has 1 saturated heterocycles. The average molecular weight is 341 g/mol. The normalized spacial score (nSPS) is 19.5. The lowest BCUT2D eigenvalue weighted by Crippen LogP contribution is -2.33. The SMILES string of the molecule is CC(C)N1CCC(CNC(=O)c2ccc(Br)cc2O)C1. The second-order valence-corrected chi connectivity index (χ2v) is 6.53. The minimum Gasteiger partial charge on any atom is -0.507 e. The molecule has 110 valence electrons. The number of hydrogen-bond acceptors (Lipinski definition) is 3. The van der Waals surface area contributed by atoms with Gasteiger partial charge in [-0.1, -0.05) is 15.9 Å². The fraction of sp³-hybridized carbons (Fsp3) is 0.533. The summed E-state index contributed by atoms with van der Waals surface area (Å²) >= 11 is 3.26. The molecule has 4 nitrogen and oxygen atoms in total. The molecular weight excluding hydrogens is 320 g/mol. The largest absolute Gasteiger partial charge is 0.507 e. The topological polar surface area (TPSA) is 52.6 Å². The molecule has 0 saturated carbocycles. The van der Waals surface area contributed by atoms with Gasteiger partial charge in [0.2, 0.25) is 0 Å². The number of carbonyl (C=O) groups excluding carboxylic acids is 1. The van der Waals surface area contributed by atoms with Crippen LogP contribution in [0.25, 0.3) is 0 Å². The number of halogens is 1. The highest BCUT2D eigenvalue weighted by Gasteiger charge is 2.24. The third-order valence-electron chi connectivity index (χ3n) is 3.80. The predicted octanol–water partition coefficient (Wildman–Crippen LogP) is 2.61. The zero-order valence-electron chi connectivity index (χ0n) is 11.9. The Kier molecular flexibility index (Phi) is 5.05. The molecule has 0 aromatic heterocycles. The fourth-order valence-corrected chi connectivity index (χ4v) is 2.88. The fourth-order valence-electron chi connectivity index (χ4n) is 2.53. The molecule has 1 unspecified atom stereocenters. The van der Waals surface area contributed by atoms with Gasteiger partial charge in [-0.3, -0.25) is 4.79 Å². The summed E-state index contributed by atoms with van der Waals surface area (Å²) in [6, 6.07) is 5.48. The highest BCUT2D eigenvalue weighted by atomic mass is 79.9. The molecule has 1 fully saturated rings. The quantitative estimate of drug-likeness (QED) is 0.885. The molecule has 1 aromatic carbocycles. The molecule has 1 amide bonds. The minimum absolute atomic E-state index is 0.00658. The summed E-state index contributed by atoms with van der Waals surface area (Å²) < 4.78 is 0.759. The first-order valence-corrected chi connectivity index (χ1v) is 7.77. The monoisotopic (exact) mass is 340 g/mol. The van der Waals surface area contributed by atoms with E-state index in [1.807, 2.05) is 0 Å². The van der Waals surface area contributed by atoms with E-state index in [1.165, 1.54) is 6.07 Å². The number of phenolic OH excluding ortho intramolecular Hbond substituents is 1. The van der Waals surface area contributed by atoms with Gasteiger partial charge in [-0.15, -0.1) is 0 Å². The summed E-state index contributed by atoms with van der Waals surface area (Å²) in [5.74, 6) is 0.295. The van der Waals surface area contributed by atoms with Crippen molar-refractivity contribution in [1.82, 2.24) is 10.2 Å². The zero-order valence-corrected chi connectivity index (χ0v) is 13.5. The van der Waals surface area contributed by atoms with E-state index < -0.39 is 0 Å². The van der Waals surface area contributed by atoms with Crippen LogP contribution in [-0.4, -0.2) is 41.6 Å². The summed E-state index contributed by atoms with van der Waals surface area (Å²) in [4.78, 5) is 14.5. The third kappa shape index (κ3) is 3.73. The Labute approximate surface area is 128 Å². The van der Waals surface area contributed by atoms with Crippen molar-refractivity contribution in [1.29, 1.82) is 0 Å². The van der Waals surface area contributed by atoms with E-state index in [0.29, 0.717) is 24.1 Å². The summed E-state index contributed by atoms with van der Waals surface area (Å²) in [6.07, 6.45) is 1.12. The molecule has 2 N–H and O–H groups in total. The molecule has 5 heteroatoms. The van der Waals surface area contributed by atoms with E-state index in [4.69, 9.17) is 0 Å². The van der Waals surface area contributed by atoms with Crippen molar-refractivity contribution in [3.63, 3.8) is 0 Å². The van der Waals surface area contributed by atoms with E-state index in [1.54, 1.807) is 12.1 Å². The van der Waals surface area contributed by atoms with Crippen LogP contribution in [0.4, 0.5) is 0 Å². The van der Waals surface area contributed by atoms with Gasteiger partial charge in [-0.2, -0.15) is 0 Å². The van der Waals surface area contributed by atoms with Gasteiger partial charge in [-0.05, 0) is 50.9 Å². The second-order valence-electron chi connectivity index (χ2n) is 5.61. The van der Waals surface area contributed by atoms with Crippen LogP contribution >= 0.6 is 15.9 Å². The lowest BCUT2D eigenvalue weighted by molar-refractivity contribution is 0.0944. The Balaban J connectivity index is 1.87. The van der Waals surface area contributed by atoms with Gasteiger partial charge in [0.05, 0.1) is 5.56 Å². The molecule has 0 bridgehead atoms. The first kappa shape index (κ1) is 15.3. The molecule has 0 aliphatic carbocycles. The number of nitrogens with one attached hydrogen (secondary N) is 1. The molecule has 2 rings (SSSR count). The standard InChI is InChI=1S/C15H21BrN2O2/c1-10(2)18-6-5-11(9-18)8-17-15(20)13-4-3-12(16)7-14(13)19/h3-4,7,10-11,19H,5-6,8-9H2,1-2H3,(H,17,20). The number of hydrogen-bond donors (Lipinski definition) is 2. The number of likely N-dealkylation sites (tertiary alicyclic amines) is 1. The van der Waals surface area contributed by atoms with Gasteiger partial charge in [-0.25, -0.2) is 0 Å².